The Morgan fingerprint density at radius 1 is 1.06 bits per heavy atom. The summed E-state index contributed by atoms with van der Waals surface area (Å²) in [5.74, 6) is 1.88. The van der Waals surface area contributed by atoms with E-state index in [0.717, 1.165) is 66.5 Å². The zero-order valence-corrected chi connectivity index (χ0v) is 20.8. The summed E-state index contributed by atoms with van der Waals surface area (Å²) in [4.78, 5) is 33.8. The molecule has 0 bridgehead atoms. The third-order valence-electron chi connectivity index (χ3n) is 6.38. The molecule has 0 amide bonds. The standard InChI is InChI=1S/C27H36N6O/c1-18(2)7-10-33-11-8-20(9-12-33)26(34)14-22-13-24-21(15-29-22)5-6-23(31-24)25-16-28-17-27(32-25)30-19(3)4/h5-6,13,15-20H,7-12,14H2,1-4H3,(H,30,32). The van der Waals surface area contributed by atoms with Gasteiger partial charge in [0.1, 0.15) is 17.3 Å². The fourth-order valence-corrected chi connectivity index (χ4v) is 4.39. The van der Waals surface area contributed by atoms with Crippen LogP contribution in [0.5, 0.6) is 0 Å². The van der Waals surface area contributed by atoms with Crippen LogP contribution in [0, 0.1) is 11.8 Å². The van der Waals surface area contributed by atoms with Gasteiger partial charge >= 0.3 is 0 Å². The van der Waals surface area contributed by atoms with Gasteiger partial charge in [-0.1, -0.05) is 13.8 Å². The summed E-state index contributed by atoms with van der Waals surface area (Å²) in [6.45, 7) is 11.8. The number of hydrogen-bond donors (Lipinski definition) is 1. The van der Waals surface area contributed by atoms with E-state index in [0.29, 0.717) is 17.9 Å². The molecular weight excluding hydrogens is 424 g/mol. The minimum absolute atomic E-state index is 0.138. The SMILES string of the molecule is CC(C)CCN1CCC(C(=O)Cc2cc3nc(-c4cncc(NC(C)C)n4)ccc3cn2)CC1. The second-order valence-corrected chi connectivity index (χ2v) is 10.1. The van der Waals surface area contributed by atoms with Crippen LogP contribution in [0.4, 0.5) is 5.82 Å². The molecule has 1 fully saturated rings. The molecule has 34 heavy (non-hydrogen) atoms. The number of hydrogen-bond acceptors (Lipinski definition) is 7. The Kier molecular flexibility index (Phi) is 7.83. The van der Waals surface area contributed by atoms with Crippen LogP contribution >= 0.6 is 0 Å². The average molecular weight is 461 g/mol. The van der Waals surface area contributed by atoms with Crippen LogP contribution in [-0.2, 0) is 11.2 Å². The van der Waals surface area contributed by atoms with Gasteiger partial charge in [-0.2, -0.15) is 0 Å². The lowest BCUT2D eigenvalue weighted by Gasteiger charge is -2.31. The molecule has 7 heteroatoms. The van der Waals surface area contributed by atoms with Gasteiger partial charge in [-0.15, -0.1) is 0 Å². The van der Waals surface area contributed by atoms with Gasteiger partial charge in [-0.05, 0) is 76.9 Å². The fourth-order valence-electron chi connectivity index (χ4n) is 4.39. The van der Waals surface area contributed by atoms with E-state index in [9.17, 15) is 4.79 Å². The van der Waals surface area contributed by atoms with Crippen LogP contribution in [0.25, 0.3) is 22.3 Å². The van der Waals surface area contributed by atoms with E-state index in [1.807, 2.05) is 24.4 Å². The molecule has 0 unspecified atom stereocenters. The van der Waals surface area contributed by atoms with Gasteiger partial charge in [0.15, 0.2) is 0 Å². The Morgan fingerprint density at radius 2 is 1.85 bits per heavy atom. The fraction of sp³-hybridized carbons (Fsp3) is 0.519. The van der Waals surface area contributed by atoms with Crippen molar-refractivity contribution in [2.75, 3.05) is 25.0 Å². The molecule has 180 valence electrons. The number of likely N-dealkylation sites (tertiary alicyclic amines) is 1. The number of carbonyl (C=O) groups excluding carboxylic acids is 1. The third kappa shape index (κ3) is 6.35. The van der Waals surface area contributed by atoms with E-state index in [1.54, 1.807) is 12.4 Å². The molecular formula is C27H36N6O. The van der Waals surface area contributed by atoms with E-state index in [2.05, 4.69) is 52.9 Å². The first-order chi connectivity index (χ1) is 16.4. The predicted molar refractivity (Wildman–Crippen MR) is 137 cm³/mol. The number of piperidine rings is 1. The van der Waals surface area contributed by atoms with Crippen molar-refractivity contribution in [1.29, 1.82) is 0 Å². The van der Waals surface area contributed by atoms with Crippen molar-refractivity contribution in [3.05, 3.63) is 42.5 Å². The minimum atomic E-state index is 0.138. The molecule has 0 aliphatic carbocycles. The molecule has 3 aromatic heterocycles. The van der Waals surface area contributed by atoms with Crippen molar-refractivity contribution in [2.45, 2.75) is 59.4 Å². The maximum absolute atomic E-state index is 13.0. The smallest absolute Gasteiger partial charge is 0.145 e. The Morgan fingerprint density at radius 3 is 2.59 bits per heavy atom. The Balaban J connectivity index is 1.43. The molecule has 4 heterocycles. The van der Waals surface area contributed by atoms with Crippen LogP contribution in [0.15, 0.2) is 36.8 Å². The van der Waals surface area contributed by atoms with Gasteiger partial charge in [0.05, 0.1) is 23.6 Å². The van der Waals surface area contributed by atoms with Gasteiger partial charge in [0.25, 0.3) is 0 Å². The second kappa shape index (κ2) is 11.0. The summed E-state index contributed by atoms with van der Waals surface area (Å²) < 4.78 is 0. The number of ketones is 1. The molecule has 4 rings (SSSR count). The summed E-state index contributed by atoms with van der Waals surface area (Å²) in [6, 6.07) is 6.14. The van der Waals surface area contributed by atoms with Crippen molar-refractivity contribution >= 4 is 22.5 Å². The maximum atomic E-state index is 13.0. The molecule has 0 aromatic carbocycles. The van der Waals surface area contributed by atoms with Crippen molar-refractivity contribution in [1.82, 2.24) is 24.8 Å². The number of anilines is 1. The van der Waals surface area contributed by atoms with Crippen LogP contribution < -0.4 is 5.32 Å². The number of Topliss-reactive ketones (excluding diaryl/α,β-unsaturated/α-hetero) is 1. The highest BCUT2D eigenvalue weighted by Crippen LogP contribution is 2.23. The zero-order chi connectivity index (χ0) is 24.1. The molecule has 0 spiro atoms. The van der Waals surface area contributed by atoms with E-state index in [-0.39, 0.29) is 12.0 Å². The molecule has 0 atom stereocenters. The maximum Gasteiger partial charge on any atom is 0.145 e. The Labute approximate surface area is 202 Å². The molecule has 1 saturated heterocycles. The van der Waals surface area contributed by atoms with E-state index >= 15 is 0 Å². The van der Waals surface area contributed by atoms with Gasteiger partial charge in [0.2, 0.25) is 0 Å². The van der Waals surface area contributed by atoms with Gasteiger partial charge in [-0.3, -0.25) is 14.8 Å². The van der Waals surface area contributed by atoms with Gasteiger partial charge in [0, 0.05) is 35.7 Å². The minimum Gasteiger partial charge on any atom is -0.367 e. The molecule has 1 aliphatic heterocycles. The van der Waals surface area contributed by atoms with Crippen LogP contribution in [0.3, 0.4) is 0 Å². The summed E-state index contributed by atoms with van der Waals surface area (Å²) >= 11 is 0. The summed E-state index contributed by atoms with van der Waals surface area (Å²) in [5, 5.41) is 4.22. The number of nitrogens with zero attached hydrogens (tertiary/aromatic N) is 5. The molecule has 3 aromatic rings. The Bertz CT molecular complexity index is 1120. The number of carbonyl (C=O) groups is 1. The van der Waals surface area contributed by atoms with Gasteiger partial charge in [-0.25, -0.2) is 9.97 Å². The molecule has 7 nitrogen and oxygen atoms in total. The highest BCUT2D eigenvalue weighted by atomic mass is 16.1. The third-order valence-corrected chi connectivity index (χ3v) is 6.38. The summed E-state index contributed by atoms with van der Waals surface area (Å²) in [6.07, 6.45) is 8.74. The number of pyridine rings is 2. The molecule has 0 radical (unpaired) electrons. The topological polar surface area (TPSA) is 83.9 Å². The lowest BCUT2D eigenvalue weighted by molar-refractivity contribution is -0.123. The summed E-state index contributed by atoms with van der Waals surface area (Å²) in [5.41, 5.74) is 3.07. The lowest BCUT2D eigenvalue weighted by Crippen LogP contribution is -2.37. The molecule has 0 saturated carbocycles. The van der Waals surface area contributed by atoms with Crippen molar-refractivity contribution in [2.24, 2.45) is 11.8 Å². The van der Waals surface area contributed by atoms with Crippen molar-refractivity contribution in [3.63, 3.8) is 0 Å². The van der Waals surface area contributed by atoms with Crippen molar-refractivity contribution < 1.29 is 4.79 Å². The number of fused-ring (bicyclic) bond motifs is 1. The first-order valence-corrected chi connectivity index (χ1v) is 12.5. The number of nitrogens with one attached hydrogen (secondary N) is 1. The van der Waals surface area contributed by atoms with Crippen LogP contribution in [0.1, 0.15) is 52.7 Å². The largest absolute Gasteiger partial charge is 0.367 e. The van der Waals surface area contributed by atoms with E-state index in [1.165, 1.54) is 6.42 Å². The van der Waals surface area contributed by atoms with Crippen LogP contribution in [-0.4, -0.2) is 56.3 Å². The van der Waals surface area contributed by atoms with E-state index in [4.69, 9.17) is 4.98 Å². The monoisotopic (exact) mass is 460 g/mol. The average Bonchev–Trinajstić information content (AvgIpc) is 2.82. The Hall–Kier alpha value is -2.93. The first-order valence-electron chi connectivity index (χ1n) is 12.5. The quantitative estimate of drug-likeness (QED) is 0.492. The lowest BCUT2D eigenvalue weighted by atomic mass is 9.90. The van der Waals surface area contributed by atoms with Crippen LogP contribution in [0.2, 0.25) is 0 Å². The second-order valence-electron chi connectivity index (χ2n) is 10.1. The zero-order valence-electron chi connectivity index (χ0n) is 20.8. The summed E-state index contributed by atoms with van der Waals surface area (Å²) in [7, 11) is 0. The number of rotatable bonds is 9. The predicted octanol–water partition coefficient (Wildman–Crippen LogP) is 4.78. The first kappa shape index (κ1) is 24.2. The molecule has 1 aliphatic rings. The van der Waals surface area contributed by atoms with Crippen molar-refractivity contribution in [3.8, 4) is 11.4 Å². The normalized spacial score (nSPS) is 15.4. The number of aromatic nitrogens is 4. The molecule has 1 N–H and O–H groups in total. The highest BCUT2D eigenvalue weighted by Gasteiger charge is 2.25. The highest BCUT2D eigenvalue weighted by molar-refractivity contribution is 5.85. The van der Waals surface area contributed by atoms with Gasteiger partial charge < -0.3 is 10.2 Å². The van der Waals surface area contributed by atoms with E-state index < -0.39 is 0 Å².